The van der Waals surface area contributed by atoms with Crippen molar-refractivity contribution in [2.45, 2.75) is 231 Å². The summed E-state index contributed by atoms with van der Waals surface area (Å²) in [6.07, 6.45) is 43.3. The van der Waals surface area contributed by atoms with Crippen LogP contribution in [0.4, 0.5) is 0 Å². The summed E-state index contributed by atoms with van der Waals surface area (Å²) in [7, 11) is 0. The Morgan fingerprint density at radius 2 is 0.917 bits per heavy atom. The number of esters is 1. The van der Waals surface area contributed by atoms with Gasteiger partial charge in [0.25, 0.3) is 0 Å². The van der Waals surface area contributed by atoms with Crippen LogP contribution in [-0.2, 0) is 14.3 Å². The highest BCUT2D eigenvalue weighted by atomic mass is 16.5. The third kappa shape index (κ3) is 34.5. The number of rotatable bonds is 38. The van der Waals surface area contributed by atoms with Crippen LogP contribution in [0.1, 0.15) is 219 Å². The van der Waals surface area contributed by atoms with Crippen LogP contribution >= 0.6 is 0 Å². The first-order chi connectivity index (χ1) is 23.5. The molecule has 0 aromatic rings. The Morgan fingerprint density at radius 3 is 1.29 bits per heavy atom. The summed E-state index contributed by atoms with van der Waals surface area (Å²) in [6.45, 7) is 3.66. The van der Waals surface area contributed by atoms with Gasteiger partial charge in [-0.3, -0.25) is 4.79 Å². The monoisotopic (exact) mass is 680 g/mol. The van der Waals surface area contributed by atoms with Gasteiger partial charge in [-0.25, -0.2) is 4.79 Å². The Bertz CT molecular complexity index is 712. The van der Waals surface area contributed by atoms with Gasteiger partial charge >= 0.3 is 5.97 Å². The van der Waals surface area contributed by atoms with Crippen LogP contribution in [0.2, 0.25) is 0 Å². The van der Waals surface area contributed by atoms with E-state index in [1.165, 1.54) is 167 Å². The number of ether oxygens (including phenoxy) is 1. The van der Waals surface area contributed by atoms with E-state index in [2.05, 4.69) is 19.2 Å². The molecule has 2 unspecified atom stereocenters. The molecule has 0 heterocycles. The van der Waals surface area contributed by atoms with Crippen molar-refractivity contribution < 1.29 is 24.5 Å². The summed E-state index contributed by atoms with van der Waals surface area (Å²) in [5.74, 6) is -0.893. The lowest BCUT2D eigenvalue weighted by Crippen LogP contribution is -2.46. The van der Waals surface area contributed by atoms with Gasteiger partial charge in [0, 0.05) is 6.42 Å². The van der Waals surface area contributed by atoms with Crippen LogP contribution in [-0.4, -0.2) is 47.4 Å². The predicted octanol–water partition coefficient (Wildman–Crippen LogP) is 11.4. The van der Waals surface area contributed by atoms with E-state index in [0.717, 1.165) is 32.1 Å². The van der Waals surface area contributed by atoms with Crippen molar-refractivity contribution in [3.63, 3.8) is 0 Å². The van der Waals surface area contributed by atoms with Crippen molar-refractivity contribution in [3.05, 3.63) is 12.2 Å². The second-order valence-corrected chi connectivity index (χ2v) is 14.4. The van der Waals surface area contributed by atoms with Gasteiger partial charge in [0.15, 0.2) is 0 Å². The number of carbonyl (C=O) groups excluding carboxylic acids is 2. The summed E-state index contributed by atoms with van der Waals surface area (Å²) in [5.41, 5.74) is 0. The zero-order valence-corrected chi connectivity index (χ0v) is 32.0. The van der Waals surface area contributed by atoms with Gasteiger partial charge in [0.05, 0.1) is 12.1 Å². The standard InChI is InChI=1S/C42H81NO5/c1-3-5-7-9-11-13-15-17-18-19-20-21-22-24-26-28-30-32-34-36-41(46)43-39(38-48-42(47)37-44)40(45)35-33-31-29-27-25-23-16-14-12-10-8-6-4-2/h33,35,39-40,44-45H,3-32,34,36-38H2,1-2H3,(H,43,46)/b35-33+. The third-order valence-corrected chi connectivity index (χ3v) is 9.63. The molecule has 48 heavy (non-hydrogen) atoms. The number of amides is 1. The number of hydrogen-bond acceptors (Lipinski definition) is 5. The van der Waals surface area contributed by atoms with Gasteiger partial charge < -0.3 is 20.3 Å². The minimum atomic E-state index is -0.946. The fourth-order valence-electron chi connectivity index (χ4n) is 6.39. The van der Waals surface area contributed by atoms with Gasteiger partial charge in [0.2, 0.25) is 5.91 Å². The highest BCUT2D eigenvalue weighted by Gasteiger charge is 2.21. The molecular formula is C42H81NO5. The molecule has 0 aromatic heterocycles. The van der Waals surface area contributed by atoms with Crippen LogP contribution in [0, 0.1) is 0 Å². The van der Waals surface area contributed by atoms with E-state index >= 15 is 0 Å². The van der Waals surface area contributed by atoms with E-state index < -0.39 is 24.7 Å². The maximum absolute atomic E-state index is 12.6. The molecule has 0 saturated carbocycles. The first-order valence-corrected chi connectivity index (χ1v) is 21.0. The molecule has 0 aliphatic rings. The topological polar surface area (TPSA) is 95.9 Å². The number of nitrogens with one attached hydrogen (secondary N) is 1. The Balaban J connectivity index is 3.90. The second kappa shape index (κ2) is 38.4. The Labute approximate surface area is 298 Å². The molecule has 0 bridgehead atoms. The summed E-state index contributed by atoms with van der Waals surface area (Å²) in [5, 5.41) is 22.5. The van der Waals surface area contributed by atoms with Gasteiger partial charge in [-0.15, -0.1) is 0 Å². The Hall–Kier alpha value is -1.40. The molecule has 0 saturated heterocycles. The zero-order chi connectivity index (χ0) is 35.2. The quantitative estimate of drug-likeness (QED) is 0.0343. The maximum Gasteiger partial charge on any atom is 0.331 e. The zero-order valence-electron chi connectivity index (χ0n) is 32.0. The van der Waals surface area contributed by atoms with Gasteiger partial charge in [-0.05, 0) is 19.3 Å². The smallest absolute Gasteiger partial charge is 0.331 e. The van der Waals surface area contributed by atoms with Gasteiger partial charge in [-0.1, -0.05) is 206 Å². The largest absolute Gasteiger partial charge is 0.462 e. The summed E-state index contributed by atoms with van der Waals surface area (Å²) in [6, 6.07) is -0.720. The number of allylic oxidation sites excluding steroid dienone is 1. The summed E-state index contributed by atoms with van der Waals surface area (Å²) < 4.78 is 5.04. The minimum Gasteiger partial charge on any atom is -0.462 e. The molecule has 0 rings (SSSR count). The third-order valence-electron chi connectivity index (χ3n) is 9.63. The van der Waals surface area contributed by atoms with Crippen molar-refractivity contribution in [2.75, 3.05) is 13.2 Å². The van der Waals surface area contributed by atoms with Crippen LogP contribution in [0.25, 0.3) is 0 Å². The Morgan fingerprint density at radius 1 is 0.562 bits per heavy atom. The molecule has 0 spiro atoms. The van der Waals surface area contributed by atoms with E-state index in [9.17, 15) is 14.7 Å². The molecule has 6 heteroatoms. The van der Waals surface area contributed by atoms with Crippen molar-refractivity contribution in [3.8, 4) is 0 Å². The van der Waals surface area contributed by atoms with Crippen molar-refractivity contribution in [1.82, 2.24) is 5.32 Å². The summed E-state index contributed by atoms with van der Waals surface area (Å²) >= 11 is 0. The van der Waals surface area contributed by atoms with Gasteiger partial charge in [-0.2, -0.15) is 0 Å². The molecule has 3 N–H and O–H groups in total. The van der Waals surface area contributed by atoms with E-state index in [1.54, 1.807) is 6.08 Å². The van der Waals surface area contributed by atoms with E-state index in [-0.39, 0.29) is 12.5 Å². The SMILES string of the molecule is CCCCCCCCCCCCC/C=C/C(O)C(COC(=O)CO)NC(=O)CCCCCCCCCCCCCCCCCCCCC. The minimum absolute atomic E-state index is 0.134. The average Bonchev–Trinajstić information content (AvgIpc) is 3.09. The van der Waals surface area contributed by atoms with E-state index in [1.807, 2.05) is 6.08 Å². The number of hydrogen-bond donors (Lipinski definition) is 3. The van der Waals surface area contributed by atoms with Crippen molar-refractivity contribution in [2.24, 2.45) is 0 Å². The molecule has 0 aliphatic heterocycles. The molecule has 6 nitrogen and oxygen atoms in total. The van der Waals surface area contributed by atoms with Crippen molar-refractivity contribution >= 4 is 11.9 Å². The maximum atomic E-state index is 12.6. The number of unbranched alkanes of at least 4 members (excludes halogenated alkanes) is 29. The highest BCUT2D eigenvalue weighted by Crippen LogP contribution is 2.16. The van der Waals surface area contributed by atoms with Crippen LogP contribution in [0.3, 0.4) is 0 Å². The normalized spacial score (nSPS) is 12.8. The first kappa shape index (κ1) is 46.6. The van der Waals surface area contributed by atoms with E-state index in [4.69, 9.17) is 9.84 Å². The second-order valence-electron chi connectivity index (χ2n) is 14.4. The van der Waals surface area contributed by atoms with Crippen LogP contribution in [0.5, 0.6) is 0 Å². The fourth-order valence-corrected chi connectivity index (χ4v) is 6.39. The molecule has 0 aliphatic carbocycles. The van der Waals surface area contributed by atoms with Gasteiger partial charge in [0.1, 0.15) is 13.2 Å². The molecule has 284 valence electrons. The van der Waals surface area contributed by atoms with E-state index in [0.29, 0.717) is 6.42 Å². The molecule has 0 fully saturated rings. The first-order valence-electron chi connectivity index (χ1n) is 21.0. The molecule has 0 radical (unpaired) electrons. The highest BCUT2D eigenvalue weighted by molar-refractivity contribution is 5.76. The summed E-state index contributed by atoms with van der Waals surface area (Å²) in [4.78, 5) is 24.1. The number of aliphatic hydroxyl groups excluding tert-OH is 2. The fraction of sp³-hybridized carbons (Fsp3) is 0.905. The predicted molar refractivity (Wildman–Crippen MR) is 204 cm³/mol. The molecule has 0 aromatic carbocycles. The van der Waals surface area contributed by atoms with Crippen molar-refractivity contribution in [1.29, 1.82) is 0 Å². The number of carbonyl (C=O) groups is 2. The lowest BCUT2D eigenvalue weighted by Gasteiger charge is -2.22. The lowest BCUT2D eigenvalue weighted by molar-refractivity contribution is -0.148. The number of aliphatic hydroxyl groups is 2. The van der Waals surface area contributed by atoms with Crippen LogP contribution in [0.15, 0.2) is 12.2 Å². The Kier molecular flexibility index (Phi) is 37.3. The lowest BCUT2D eigenvalue weighted by atomic mass is 10.0. The molecule has 2 atom stereocenters. The average molecular weight is 680 g/mol. The molecule has 1 amide bonds. The van der Waals surface area contributed by atoms with Crippen LogP contribution < -0.4 is 5.32 Å². The molecular weight excluding hydrogens is 598 g/mol.